The highest BCUT2D eigenvalue weighted by Gasteiger charge is 2.11. The molecule has 0 aliphatic heterocycles. The Hall–Kier alpha value is -0.370. The molecule has 0 heterocycles. The molecule has 0 radical (unpaired) electrons. The van der Waals surface area contributed by atoms with Gasteiger partial charge in [-0.2, -0.15) is 0 Å². The summed E-state index contributed by atoms with van der Waals surface area (Å²) in [7, 11) is 0. The van der Waals surface area contributed by atoms with Crippen LogP contribution in [0.3, 0.4) is 0 Å². The third kappa shape index (κ3) is 2.75. The zero-order valence-electron chi connectivity index (χ0n) is 4.92. The van der Waals surface area contributed by atoms with Crippen molar-refractivity contribution < 1.29 is 4.74 Å². The Bertz CT molecular complexity index is 96.7. The summed E-state index contributed by atoms with van der Waals surface area (Å²) in [4.78, 5) is -0.568. The maximum absolute atomic E-state index is 4.89. The van der Waals surface area contributed by atoms with E-state index in [0.29, 0.717) is 0 Å². The molecular weight excluding hydrogens is 120 g/mol. The van der Waals surface area contributed by atoms with Gasteiger partial charge in [0.1, 0.15) is 0 Å². The van der Waals surface area contributed by atoms with Gasteiger partial charge in [-0.1, -0.05) is 13.2 Å². The van der Waals surface area contributed by atoms with Crippen molar-refractivity contribution in [2.24, 2.45) is 0 Å². The van der Waals surface area contributed by atoms with Crippen molar-refractivity contribution in [3.05, 3.63) is 25.5 Å². The van der Waals surface area contributed by atoms with Crippen molar-refractivity contribution in [2.75, 3.05) is 0 Å². The van der Waals surface area contributed by atoms with Crippen LogP contribution >= 0.6 is 12.6 Å². The molecule has 0 amide bonds. The topological polar surface area (TPSA) is 9.23 Å². The van der Waals surface area contributed by atoms with Crippen LogP contribution in [-0.2, 0) is 4.74 Å². The number of rotatable bonds is 3. The fourth-order valence-electron chi connectivity index (χ4n) is 0.217. The van der Waals surface area contributed by atoms with Gasteiger partial charge in [-0.05, 0) is 13.0 Å². The molecule has 8 heavy (non-hydrogen) atoms. The van der Waals surface area contributed by atoms with Crippen LogP contribution in [0, 0.1) is 0 Å². The third-order valence-corrected chi connectivity index (χ3v) is 0.989. The minimum atomic E-state index is -0.568. The SMILES string of the molecule is C=COC(C)(S)C=C. The zero-order valence-corrected chi connectivity index (χ0v) is 5.82. The van der Waals surface area contributed by atoms with Gasteiger partial charge in [-0.15, -0.1) is 12.6 Å². The first kappa shape index (κ1) is 7.63. The maximum atomic E-state index is 4.89. The van der Waals surface area contributed by atoms with Crippen LogP contribution in [0.4, 0.5) is 0 Å². The van der Waals surface area contributed by atoms with E-state index < -0.39 is 4.93 Å². The van der Waals surface area contributed by atoms with Crippen molar-refractivity contribution in [3.63, 3.8) is 0 Å². The molecule has 46 valence electrons. The maximum Gasteiger partial charge on any atom is 0.166 e. The minimum absolute atomic E-state index is 0.568. The smallest absolute Gasteiger partial charge is 0.166 e. The molecule has 0 aromatic rings. The van der Waals surface area contributed by atoms with E-state index in [-0.39, 0.29) is 0 Å². The summed E-state index contributed by atoms with van der Waals surface area (Å²) in [5.74, 6) is 0. The van der Waals surface area contributed by atoms with Crippen molar-refractivity contribution >= 4 is 12.6 Å². The van der Waals surface area contributed by atoms with Gasteiger partial charge in [-0.3, -0.25) is 0 Å². The lowest BCUT2D eigenvalue weighted by molar-refractivity contribution is 0.176. The van der Waals surface area contributed by atoms with E-state index >= 15 is 0 Å². The predicted molar refractivity (Wildman–Crippen MR) is 38.9 cm³/mol. The quantitative estimate of drug-likeness (QED) is 0.266. The second kappa shape index (κ2) is 2.82. The van der Waals surface area contributed by atoms with Gasteiger partial charge in [0.2, 0.25) is 0 Å². The number of hydrogen-bond donors (Lipinski definition) is 1. The number of ether oxygens (including phenoxy) is 1. The van der Waals surface area contributed by atoms with E-state index in [1.165, 1.54) is 6.26 Å². The summed E-state index contributed by atoms with van der Waals surface area (Å²) < 4.78 is 4.89. The van der Waals surface area contributed by atoms with Crippen LogP contribution in [0.5, 0.6) is 0 Å². The molecule has 0 N–H and O–H groups in total. The molecule has 0 fully saturated rings. The van der Waals surface area contributed by atoms with Crippen molar-refractivity contribution in [2.45, 2.75) is 11.9 Å². The predicted octanol–water partition coefficient (Wildman–Crippen LogP) is 1.98. The van der Waals surface area contributed by atoms with E-state index in [1.807, 2.05) is 0 Å². The molecular formula is C6H10OS. The molecule has 0 aromatic heterocycles. The molecule has 0 aromatic carbocycles. The van der Waals surface area contributed by atoms with Crippen LogP contribution in [0.25, 0.3) is 0 Å². The highest BCUT2D eigenvalue weighted by atomic mass is 32.1. The highest BCUT2D eigenvalue weighted by molar-refractivity contribution is 7.81. The van der Waals surface area contributed by atoms with Crippen LogP contribution in [0.1, 0.15) is 6.92 Å². The van der Waals surface area contributed by atoms with E-state index in [9.17, 15) is 0 Å². The molecule has 1 unspecified atom stereocenters. The molecule has 0 aliphatic rings. The van der Waals surface area contributed by atoms with E-state index in [4.69, 9.17) is 4.74 Å². The van der Waals surface area contributed by atoms with Crippen molar-refractivity contribution in [3.8, 4) is 0 Å². The normalized spacial score (nSPS) is 16.2. The molecule has 1 atom stereocenters. The van der Waals surface area contributed by atoms with Crippen LogP contribution in [0.2, 0.25) is 0 Å². The molecule has 2 heteroatoms. The summed E-state index contributed by atoms with van der Waals surface area (Å²) in [6.45, 7) is 8.66. The monoisotopic (exact) mass is 130 g/mol. The van der Waals surface area contributed by atoms with E-state index in [1.54, 1.807) is 13.0 Å². The molecule has 0 saturated carbocycles. The number of hydrogen-bond acceptors (Lipinski definition) is 2. The molecule has 1 nitrogen and oxygen atoms in total. The molecule has 0 aliphatic carbocycles. The van der Waals surface area contributed by atoms with Gasteiger partial charge < -0.3 is 4.74 Å². The van der Waals surface area contributed by atoms with Gasteiger partial charge in [0.05, 0.1) is 6.26 Å². The Morgan fingerprint density at radius 3 is 2.25 bits per heavy atom. The lowest BCUT2D eigenvalue weighted by Crippen LogP contribution is -2.13. The average molecular weight is 130 g/mol. The summed E-state index contributed by atoms with van der Waals surface area (Å²) in [6.07, 6.45) is 2.94. The second-order valence-corrected chi connectivity index (χ2v) is 2.43. The van der Waals surface area contributed by atoms with Crippen LogP contribution < -0.4 is 0 Å². The molecule has 0 spiro atoms. The van der Waals surface area contributed by atoms with E-state index in [0.717, 1.165) is 0 Å². The van der Waals surface area contributed by atoms with Gasteiger partial charge in [-0.25, -0.2) is 0 Å². The zero-order chi connectivity index (χ0) is 6.62. The first-order valence-electron chi connectivity index (χ1n) is 2.27. The second-order valence-electron chi connectivity index (χ2n) is 1.54. The Labute approximate surface area is 55.5 Å². The van der Waals surface area contributed by atoms with Crippen molar-refractivity contribution in [1.82, 2.24) is 0 Å². The first-order valence-corrected chi connectivity index (χ1v) is 2.72. The summed E-state index contributed by atoms with van der Waals surface area (Å²) >= 11 is 4.06. The summed E-state index contributed by atoms with van der Waals surface area (Å²) in [6, 6.07) is 0. The Morgan fingerprint density at radius 1 is 1.62 bits per heavy atom. The van der Waals surface area contributed by atoms with Crippen LogP contribution in [0.15, 0.2) is 25.5 Å². The highest BCUT2D eigenvalue weighted by Crippen LogP contribution is 2.15. The summed E-state index contributed by atoms with van der Waals surface area (Å²) in [5.41, 5.74) is 0. The van der Waals surface area contributed by atoms with Crippen LogP contribution in [-0.4, -0.2) is 4.93 Å². The lowest BCUT2D eigenvalue weighted by Gasteiger charge is -2.16. The standard InChI is InChI=1S/C6H10OS/c1-4-6(3,8)7-5-2/h4-5,8H,1-2H2,3H3. The largest absolute Gasteiger partial charge is 0.482 e. The van der Waals surface area contributed by atoms with Crippen molar-refractivity contribution in [1.29, 1.82) is 0 Å². The van der Waals surface area contributed by atoms with Gasteiger partial charge in [0, 0.05) is 0 Å². The lowest BCUT2D eigenvalue weighted by atomic mass is 10.4. The molecule has 0 rings (SSSR count). The summed E-state index contributed by atoms with van der Waals surface area (Å²) in [5, 5.41) is 0. The average Bonchev–Trinajstić information content (AvgIpc) is 1.67. The number of thiol groups is 1. The Kier molecular flexibility index (Phi) is 2.69. The first-order chi connectivity index (χ1) is 3.62. The Morgan fingerprint density at radius 2 is 2.12 bits per heavy atom. The Balaban J connectivity index is 3.70. The van der Waals surface area contributed by atoms with Gasteiger partial charge >= 0.3 is 0 Å². The minimum Gasteiger partial charge on any atom is -0.482 e. The third-order valence-electron chi connectivity index (χ3n) is 0.701. The van der Waals surface area contributed by atoms with E-state index in [2.05, 4.69) is 25.8 Å². The fraction of sp³-hybridized carbons (Fsp3) is 0.333. The molecule has 0 bridgehead atoms. The van der Waals surface area contributed by atoms with Gasteiger partial charge in [0.25, 0.3) is 0 Å². The van der Waals surface area contributed by atoms with Gasteiger partial charge in [0.15, 0.2) is 4.93 Å². The fourth-order valence-corrected chi connectivity index (χ4v) is 0.291. The molecule has 0 saturated heterocycles.